The predicted molar refractivity (Wildman–Crippen MR) is 53.4 cm³/mol. The minimum atomic E-state index is -0.498. The Labute approximate surface area is 82.6 Å². The fourth-order valence-corrected chi connectivity index (χ4v) is 1.23. The number of rotatable bonds is 2. The van der Waals surface area contributed by atoms with Crippen LogP contribution in [0.1, 0.15) is 11.1 Å². The summed E-state index contributed by atoms with van der Waals surface area (Å²) >= 11 is 0. The van der Waals surface area contributed by atoms with Crippen molar-refractivity contribution in [3.05, 3.63) is 35.9 Å². The molecule has 3 nitrogen and oxygen atoms in total. The van der Waals surface area contributed by atoms with Crippen LogP contribution < -0.4 is 4.74 Å². The van der Waals surface area contributed by atoms with E-state index in [2.05, 4.69) is 6.58 Å². The van der Waals surface area contributed by atoms with Crippen molar-refractivity contribution >= 4 is 5.97 Å². The molecule has 1 N–H and O–H groups in total. The highest BCUT2D eigenvalue weighted by molar-refractivity contribution is 5.83. The van der Waals surface area contributed by atoms with Gasteiger partial charge in [-0.2, -0.15) is 0 Å². The van der Waals surface area contributed by atoms with Crippen molar-refractivity contribution in [1.82, 2.24) is 0 Å². The molecule has 0 atom stereocenters. The van der Waals surface area contributed by atoms with E-state index in [-0.39, 0.29) is 5.75 Å². The topological polar surface area (TPSA) is 46.5 Å². The predicted octanol–water partition coefficient (Wildman–Crippen LogP) is 2.10. The molecule has 0 saturated carbocycles. The van der Waals surface area contributed by atoms with Crippen LogP contribution in [0.2, 0.25) is 0 Å². The number of benzene rings is 1. The van der Waals surface area contributed by atoms with E-state index in [0.29, 0.717) is 5.75 Å². The Kier molecular flexibility index (Phi) is 2.92. The Morgan fingerprint density at radius 2 is 1.93 bits per heavy atom. The highest BCUT2D eigenvalue weighted by Crippen LogP contribution is 2.27. The van der Waals surface area contributed by atoms with Crippen LogP contribution >= 0.6 is 0 Å². The Bertz CT molecular complexity index is 357. The number of esters is 1. The average Bonchev–Trinajstić information content (AvgIpc) is 2.10. The molecule has 14 heavy (non-hydrogen) atoms. The van der Waals surface area contributed by atoms with Crippen molar-refractivity contribution in [3.8, 4) is 11.5 Å². The van der Waals surface area contributed by atoms with E-state index >= 15 is 0 Å². The highest BCUT2D eigenvalue weighted by Gasteiger charge is 2.08. The van der Waals surface area contributed by atoms with Gasteiger partial charge in [-0.05, 0) is 37.1 Å². The van der Waals surface area contributed by atoms with Crippen molar-refractivity contribution in [2.45, 2.75) is 13.8 Å². The first-order valence-electron chi connectivity index (χ1n) is 4.19. The van der Waals surface area contributed by atoms with Crippen LogP contribution in [0.4, 0.5) is 0 Å². The zero-order valence-corrected chi connectivity index (χ0v) is 8.20. The largest absolute Gasteiger partial charge is 0.508 e. The molecule has 0 unspecified atom stereocenters. The van der Waals surface area contributed by atoms with Crippen molar-refractivity contribution < 1.29 is 14.6 Å². The van der Waals surface area contributed by atoms with Gasteiger partial charge in [0.05, 0.1) is 0 Å². The Morgan fingerprint density at radius 3 is 2.36 bits per heavy atom. The van der Waals surface area contributed by atoms with E-state index in [0.717, 1.165) is 17.2 Å². The van der Waals surface area contributed by atoms with Gasteiger partial charge in [0.25, 0.3) is 0 Å². The summed E-state index contributed by atoms with van der Waals surface area (Å²) in [7, 11) is 0. The average molecular weight is 192 g/mol. The molecule has 1 rings (SSSR count). The summed E-state index contributed by atoms with van der Waals surface area (Å²) in [4.78, 5) is 11.0. The van der Waals surface area contributed by atoms with Crippen LogP contribution in [0.25, 0.3) is 0 Å². The van der Waals surface area contributed by atoms with Crippen molar-refractivity contribution in [3.63, 3.8) is 0 Å². The lowest BCUT2D eigenvalue weighted by Gasteiger charge is -2.09. The smallest absolute Gasteiger partial charge is 0.335 e. The number of phenols is 1. The van der Waals surface area contributed by atoms with Gasteiger partial charge in [0.15, 0.2) is 0 Å². The van der Waals surface area contributed by atoms with E-state index in [4.69, 9.17) is 4.74 Å². The molecule has 0 heterocycles. The van der Waals surface area contributed by atoms with Gasteiger partial charge in [-0.1, -0.05) is 6.58 Å². The third-order valence-electron chi connectivity index (χ3n) is 1.81. The molecular formula is C11H12O3. The van der Waals surface area contributed by atoms with Crippen LogP contribution in [-0.4, -0.2) is 11.1 Å². The third kappa shape index (κ3) is 2.13. The first-order valence-corrected chi connectivity index (χ1v) is 4.19. The summed E-state index contributed by atoms with van der Waals surface area (Å²) in [6.07, 6.45) is 1.10. The lowest BCUT2D eigenvalue weighted by Crippen LogP contribution is -2.05. The Hall–Kier alpha value is -1.77. The van der Waals surface area contributed by atoms with Gasteiger partial charge in [-0.3, -0.25) is 0 Å². The van der Waals surface area contributed by atoms with E-state index < -0.39 is 5.97 Å². The summed E-state index contributed by atoms with van der Waals surface area (Å²) in [5, 5.41) is 9.25. The lowest BCUT2D eigenvalue weighted by molar-refractivity contribution is -0.129. The fraction of sp³-hybridized carbons (Fsp3) is 0.182. The number of aromatic hydroxyl groups is 1. The van der Waals surface area contributed by atoms with E-state index in [9.17, 15) is 9.90 Å². The molecule has 0 saturated heterocycles. The maximum absolute atomic E-state index is 11.0. The molecule has 0 amide bonds. The molecule has 0 spiro atoms. The molecule has 74 valence electrons. The van der Waals surface area contributed by atoms with Crippen LogP contribution in [0, 0.1) is 13.8 Å². The number of hydrogen-bond acceptors (Lipinski definition) is 3. The van der Waals surface area contributed by atoms with Crippen molar-refractivity contribution in [2.24, 2.45) is 0 Å². The summed E-state index contributed by atoms with van der Waals surface area (Å²) < 4.78 is 5.01. The van der Waals surface area contributed by atoms with Gasteiger partial charge < -0.3 is 9.84 Å². The van der Waals surface area contributed by atoms with Gasteiger partial charge in [-0.25, -0.2) is 4.79 Å². The lowest BCUT2D eigenvalue weighted by atomic mass is 10.1. The molecule has 0 radical (unpaired) electrons. The molecular weight excluding hydrogens is 180 g/mol. The number of carbonyl (C=O) groups is 1. The maximum Gasteiger partial charge on any atom is 0.335 e. The molecule has 1 aromatic rings. The second-order valence-corrected chi connectivity index (χ2v) is 3.03. The number of hydrogen-bond donors (Lipinski definition) is 1. The zero-order chi connectivity index (χ0) is 10.7. The Balaban J connectivity index is 3.08. The highest BCUT2D eigenvalue weighted by atomic mass is 16.5. The summed E-state index contributed by atoms with van der Waals surface area (Å²) in [6.45, 7) is 6.83. The molecule has 0 aromatic heterocycles. The van der Waals surface area contributed by atoms with Crippen LogP contribution in [0.3, 0.4) is 0 Å². The van der Waals surface area contributed by atoms with Crippen molar-refractivity contribution in [2.75, 3.05) is 0 Å². The minimum Gasteiger partial charge on any atom is -0.508 e. The van der Waals surface area contributed by atoms with Gasteiger partial charge in [0.2, 0.25) is 0 Å². The van der Waals surface area contributed by atoms with Gasteiger partial charge in [-0.15, -0.1) is 0 Å². The number of phenolic OH excluding ortho intramolecular Hbond substituents is 1. The summed E-state index contributed by atoms with van der Waals surface area (Å²) in [5.74, 6) is 0.146. The SMILES string of the molecule is C=CC(=O)Oc1c(C)cc(O)cc1C. The summed E-state index contributed by atoms with van der Waals surface area (Å²) in [6, 6.07) is 3.08. The Morgan fingerprint density at radius 1 is 1.43 bits per heavy atom. The van der Waals surface area contributed by atoms with E-state index in [1.807, 2.05) is 0 Å². The molecule has 1 aromatic carbocycles. The van der Waals surface area contributed by atoms with Gasteiger partial charge in [0, 0.05) is 6.08 Å². The quantitative estimate of drug-likeness (QED) is 0.443. The van der Waals surface area contributed by atoms with Crippen LogP contribution in [0.5, 0.6) is 11.5 Å². The number of carbonyl (C=O) groups excluding carboxylic acids is 1. The maximum atomic E-state index is 11.0. The standard InChI is InChI=1S/C11H12O3/c1-4-10(13)14-11-7(2)5-9(12)6-8(11)3/h4-6,12H,1H2,2-3H3. The first-order chi connectivity index (χ1) is 6.54. The number of aryl methyl sites for hydroxylation is 2. The van der Waals surface area contributed by atoms with Crippen LogP contribution in [0.15, 0.2) is 24.8 Å². The molecule has 3 heteroatoms. The second kappa shape index (κ2) is 3.96. The zero-order valence-electron chi connectivity index (χ0n) is 8.20. The third-order valence-corrected chi connectivity index (χ3v) is 1.81. The second-order valence-electron chi connectivity index (χ2n) is 3.03. The van der Waals surface area contributed by atoms with Gasteiger partial charge in [0.1, 0.15) is 11.5 Å². The van der Waals surface area contributed by atoms with Crippen molar-refractivity contribution in [1.29, 1.82) is 0 Å². The molecule has 0 aliphatic carbocycles. The molecule has 0 aliphatic heterocycles. The van der Waals surface area contributed by atoms with Crippen LogP contribution in [-0.2, 0) is 4.79 Å². The first kappa shape index (κ1) is 10.3. The van der Waals surface area contributed by atoms with E-state index in [1.54, 1.807) is 26.0 Å². The fourth-order valence-electron chi connectivity index (χ4n) is 1.23. The normalized spacial score (nSPS) is 9.57. The van der Waals surface area contributed by atoms with Gasteiger partial charge >= 0.3 is 5.97 Å². The monoisotopic (exact) mass is 192 g/mol. The minimum absolute atomic E-state index is 0.165. The molecule has 0 fully saturated rings. The molecule has 0 bridgehead atoms. The summed E-state index contributed by atoms with van der Waals surface area (Å²) in [5.41, 5.74) is 1.44. The van der Waals surface area contributed by atoms with E-state index in [1.165, 1.54) is 0 Å². The molecule has 0 aliphatic rings. The number of ether oxygens (including phenoxy) is 1.